The number of Topliss-reactive ketones (excluding diaryl/α,β-unsaturated/α-hetero) is 1. The lowest BCUT2D eigenvalue weighted by molar-refractivity contribution is -0.127. The topological polar surface area (TPSA) is 121 Å². The average Bonchev–Trinajstić information content (AvgIpc) is 3.70. The quantitative estimate of drug-likeness (QED) is 0.260. The van der Waals surface area contributed by atoms with Crippen LogP contribution in [0.3, 0.4) is 0 Å². The highest BCUT2D eigenvalue weighted by molar-refractivity contribution is 7.99. The van der Waals surface area contributed by atoms with Crippen LogP contribution in [0.4, 0.5) is 10.3 Å². The Morgan fingerprint density at radius 1 is 0.806 bits per heavy atom. The first-order valence-electron chi connectivity index (χ1n) is 11.9. The number of carbonyl (C=O) groups excluding carboxylic acids is 1. The molecule has 4 unspecified atom stereocenters. The van der Waals surface area contributed by atoms with E-state index in [4.69, 9.17) is 20.3 Å². The number of carbonyl (C=O) groups is 1. The Labute approximate surface area is 225 Å². The molecular weight excluding hydrogens is 533 g/mol. The first-order chi connectivity index (χ1) is 17.6. The zero-order valence-electron chi connectivity index (χ0n) is 19.4. The van der Waals surface area contributed by atoms with Gasteiger partial charge in [-0.1, -0.05) is 0 Å². The number of hydrogen-bond acceptors (Lipinski definition) is 11. The van der Waals surface area contributed by atoms with Crippen LogP contribution < -0.4 is 11.5 Å². The molecule has 188 valence electrons. The van der Waals surface area contributed by atoms with Crippen LogP contribution in [0.2, 0.25) is 0 Å². The fourth-order valence-corrected chi connectivity index (χ4v) is 10.2. The SMILES string of the molecule is Nc1nc(-c2ccco2)c(C2CC(C(=O)C3CCSC(c4sc(N)nc4-c4ccco4)C3)CCS2)s1. The minimum Gasteiger partial charge on any atom is -0.463 e. The van der Waals surface area contributed by atoms with E-state index in [1.807, 2.05) is 47.8 Å². The Bertz CT molecular complexity index is 1230. The predicted molar refractivity (Wildman–Crippen MR) is 149 cm³/mol. The van der Waals surface area contributed by atoms with Crippen LogP contribution >= 0.6 is 46.2 Å². The second-order valence-electron chi connectivity index (χ2n) is 9.05. The summed E-state index contributed by atoms with van der Waals surface area (Å²) in [5.74, 6) is 3.87. The predicted octanol–water partition coefficient (Wildman–Crippen LogP) is 6.92. The minimum absolute atomic E-state index is 0.0499. The van der Waals surface area contributed by atoms with E-state index in [0.717, 1.165) is 69.9 Å². The normalized spacial score (nSPS) is 24.7. The highest BCUT2D eigenvalue weighted by Gasteiger charge is 2.38. The summed E-state index contributed by atoms with van der Waals surface area (Å²) in [7, 11) is 0. The Morgan fingerprint density at radius 3 is 1.69 bits per heavy atom. The summed E-state index contributed by atoms with van der Waals surface area (Å²) in [6, 6.07) is 7.55. The number of nitrogens with zero attached hydrogens (tertiary/aromatic N) is 2. The van der Waals surface area contributed by atoms with Crippen LogP contribution in [0, 0.1) is 11.8 Å². The molecule has 0 amide bonds. The number of nitrogen functional groups attached to an aromatic ring is 2. The summed E-state index contributed by atoms with van der Waals surface area (Å²) in [6.45, 7) is 0. The van der Waals surface area contributed by atoms with Gasteiger partial charge >= 0.3 is 0 Å². The fourth-order valence-electron chi connectivity index (χ4n) is 5.12. The highest BCUT2D eigenvalue weighted by atomic mass is 32.2. The number of nitrogens with two attached hydrogens (primary N) is 2. The lowest BCUT2D eigenvalue weighted by Crippen LogP contribution is -2.30. The van der Waals surface area contributed by atoms with Gasteiger partial charge in [0.2, 0.25) is 0 Å². The molecule has 4 aromatic rings. The summed E-state index contributed by atoms with van der Waals surface area (Å²) in [5.41, 5.74) is 13.8. The molecule has 2 saturated heterocycles. The van der Waals surface area contributed by atoms with Gasteiger partial charge in [-0.2, -0.15) is 23.5 Å². The number of thiazole rings is 2. The van der Waals surface area contributed by atoms with E-state index in [1.54, 1.807) is 12.5 Å². The summed E-state index contributed by atoms with van der Waals surface area (Å²) < 4.78 is 11.2. The van der Waals surface area contributed by atoms with Crippen molar-refractivity contribution in [1.29, 1.82) is 0 Å². The van der Waals surface area contributed by atoms with Gasteiger partial charge in [-0.3, -0.25) is 4.79 Å². The van der Waals surface area contributed by atoms with Gasteiger partial charge in [-0.15, -0.1) is 22.7 Å². The molecule has 2 aliphatic heterocycles. The second-order valence-corrected chi connectivity index (χ2v) is 13.8. The standard InChI is InChI=1S/C25H26N4O3S4/c26-24-28-19(15-3-1-7-31-15)22(35-24)17-11-13(5-9-33-17)21(30)14-6-10-34-18(12-14)23-20(29-25(27)36-23)16-4-2-8-32-16/h1-4,7-8,13-14,17-18H,5-6,9-12H2,(H2,26,28)(H2,27,29). The van der Waals surface area contributed by atoms with Crippen molar-refractivity contribution in [2.75, 3.05) is 23.0 Å². The first-order valence-corrected chi connectivity index (χ1v) is 15.7. The van der Waals surface area contributed by atoms with Crippen molar-refractivity contribution in [1.82, 2.24) is 9.97 Å². The van der Waals surface area contributed by atoms with Crippen molar-refractivity contribution in [2.45, 2.75) is 36.2 Å². The molecule has 4 aromatic heterocycles. The maximum Gasteiger partial charge on any atom is 0.180 e. The molecule has 2 fully saturated rings. The molecule has 6 rings (SSSR count). The van der Waals surface area contributed by atoms with Crippen molar-refractivity contribution < 1.29 is 13.6 Å². The number of furan rings is 2. The number of rotatable bonds is 6. The molecule has 0 aromatic carbocycles. The van der Waals surface area contributed by atoms with Gasteiger partial charge in [0.1, 0.15) is 17.2 Å². The van der Waals surface area contributed by atoms with Gasteiger partial charge in [-0.05, 0) is 61.5 Å². The third-order valence-corrected chi connectivity index (χ3v) is 11.7. The maximum absolute atomic E-state index is 13.8. The average molecular weight is 559 g/mol. The number of ketones is 1. The van der Waals surface area contributed by atoms with E-state index in [2.05, 4.69) is 9.97 Å². The third kappa shape index (κ3) is 4.73. The van der Waals surface area contributed by atoms with Gasteiger partial charge in [0, 0.05) is 22.3 Å². The van der Waals surface area contributed by atoms with E-state index < -0.39 is 0 Å². The molecule has 36 heavy (non-hydrogen) atoms. The van der Waals surface area contributed by atoms with Crippen molar-refractivity contribution in [3.63, 3.8) is 0 Å². The fraction of sp³-hybridized carbons (Fsp3) is 0.400. The molecule has 0 aliphatic carbocycles. The molecule has 2 aliphatic rings. The van der Waals surface area contributed by atoms with E-state index in [-0.39, 0.29) is 22.3 Å². The molecule has 0 radical (unpaired) electrons. The van der Waals surface area contributed by atoms with Crippen LogP contribution in [-0.2, 0) is 4.79 Å². The van der Waals surface area contributed by atoms with Crippen LogP contribution in [0.1, 0.15) is 45.9 Å². The molecule has 0 spiro atoms. The molecule has 0 bridgehead atoms. The van der Waals surface area contributed by atoms with Gasteiger partial charge in [0.05, 0.1) is 22.3 Å². The van der Waals surface area contributed by atoms with Crippen LogP contribution in [-0.4, -0.2) is 27.3 Å². The Balaban J connectivity index is 1.19. The van der Waals surface area contributed by atoms with Gasteiger partial charge in [0.25, 0.3) is 0 Å². The van der Waals surface area contributed by atoms with Crippen LogP contribution in [0.5, 0.6) is 0 Å². The van der Waals surface area contributed by atoms with Crippen molar-refractivity contribution >= 4 is 62.2 Å². The molecule has 7 nitrogen and oxygen atoms in total. The monoisotopic (exact) mass is 558 g/mol. The Kier molecular flexibility index (Phi) is 6.89. The molecule has 4 atom stereocenters. The van der Waals surface area contributed by atoms with Crippen molar-refractivity contribution in [2.24, 2.45) is 11.8 Å². The summed E-state index contributed by atoms with van der Waals surface area (Å²) in [4.78, 5) is 25.1. The Hall–Kier alpha value is -2.21. The van der Waals surface area contributed by atoms with Crippen LogP contribution in [0.25, 0.3) is 22.9 Å². The first kappa shape index (κ1) is 24.1. The molecule has 0 saturated carbocycles. The minimum atomic E-state index is 0.0499. The molecule has 6 heterocycles. The molecular formula is C25H26N4O3S4. The van der Waals surface area contributed by atoms with E-state index in [0.29, 0.717) is 16.0 Å². The van der Waals surface area contributed by atoms with E-state index >= 15 is 0 Å². The summed E-state index contributed by atoms with van der Waals surface area (Å²) in [5, 5.41) is 1.47. The number of hydrogen-bond donors (Lipinski definition) is 2. The summed E-state index contributed by atoms with van der Waals surface area (Å²) in [6.07, 6.45) is 6.78. The summed E-state index contributed by atoms with van der Waals surface area (Å²) >= 11 is 6.82. The van der Waals surface area contributed by atoms with Gasteiger partial charge < -0.3 is 20.3 Å². The van der Waals surface area contributed by atoms with E-state index in [1.165, 1.54) is 22.7 Å². The lowest BCUT2D eigenvalue weighted by atomic mass is 9.82. The van der Waals surface area contributed by atoms with Gasteiger partial charge in [-0.25, -0.2) is 9.97 Å². The van der Waals surface area contributed by atoms with Crippen molar-refractivity contribution in [3.8, 4) is 22.9 Å². The number of thioether (sulfide) groups is 2. The number of anilines is 2. The zero-order chi connectivity index (χ0) is 24.6. The lowest BCUT2D eigenvalue weighted by Gasteiger charge is -2.33. The van der Waals surface area contributed by atoms with Gasteiger partial charge in [0.15, 0.2) is 21.8 Å². The third-order valence-electron chi connectivity index (χ3n) is 6.81. The molecule has 4 N–H and O–H groups in total. The van der Waals surface area contributed by atoms with Crippen molar-refractivity contribution in [3.05, 3.63) is 46.5 Å². The zero-order valence-corrected chi connectivity index (χ0v) is 22.7. The van der Waals surface area contributed by atoms with E-state index in [9.17, 15) is 4.79 Å². The second kappa shape index (κ2) is 10.3. The maximum atomic E-state index is 13.8. The Morgan fingerprint density at radius 2 is 1.28 bits per heavy atom. The largest absolute Gasteiger partial charge is 0.463 e. The number of aromatic nitrogens is 2. The smallest absolute Gasteiger partial charge is 0.180 e. The highest BCUT2D eigenvalue weighted by Crippen LogP contribution is 2.51. The van der Waals surface area contributed by atoms with Crippen LogP contribution in [0.15, 0.2) is 45.6 Å². The molecule has 11 heteroatoms.